The lowest BCUT2D eigenvalue weighted by molar-refractivity contribution is -0.357. The van der Waals surface area contributed by atoms with Gasteiger partial charge in [-0.3, -0.25) is 4.74 Å². The summed E-state index contributed by atoms with van der Waals surface area (Å²) in [6, 6.07) is 39.7. The van der Waals surface area contributed by atoms with E-state index in [4.69, 9.17) is 33.2 Å². The molecule has 2 aliphatic heterocycles. The summed E-state index contributed by atoms with van der Waals surface area (Å²) in [6.45, 7) is 1.46. The first kappa shape index (κ1) is 28.7. The monoisotopic (exact) mass is 568 g/mol. The number of hydrogen-bond donors (Lipinski definition) is 0. The standard InChI is InChI=1S/C35H36O7/c1-36-35(29-20-12-5-13-21-29)41-33-32(39-24-28-18-10-4-11-19-28)31(38-23-27-16-8-3-9-17-27)30(40-34(33)42-35)25-37-22-26-14-6-2-7-15-26/h2-21,30-34H,22-25H2,1H3/t30-,31-,32+,33+,34+,35?/m1/s1. The molecule has 0 aliphatic carbocycles. The van der Waals surface area contributed by atoms with E-state index < -0.39 is 36.7 Å². The van der Waals surface area contributed by atoms with E-state index in [1.54, 1.807) is 7.11 Å². The summed E-state index contributed by atoms with van der Waals surface area (Å²) < 4.78 is 44.8. The molecule has 7 nitrogen and oxygen atoms in total. The fourth-order valence-electron chi connectivity index (χ4n) is 5.38. The van der Waals surface area contributed by atoms with Gasteiger partial charge in [-0.1, -0.05) is 121 Å². The van der Waals surface area contributed by atoms with Crippen LogP contribution in [0.25, 0.3) is 0 Å². The van der Waals surface area contributed by atoms with Crippen LogP contribution in [0, 0.1) is 0 Å². The molecule has 6 atom stereocenters. The van der Waals surface area contributed by atoms with Crippen LogP contribution in [-0.2, 0) is 59.0 Å². The Morgan fingerprint density at radius 3 is 1.64 bits per heavy atom. The highest BCUT2D eigenvalue weighted by Gasteiger charge is 2.59. The number of hydrogen-bond acceptors (Lipinski definition) is 7. The lowest BCUT2D eigenvalue weighted by atomic mass is 9.98. The zero-order valence-corrected chi connectivity index (χ0v) is 23.6. The molecule has 218 valence electrons. The molecule has 4 aromatic rings. The summed E-state index contributed by atoms with van der Waals surface area (Å²) in [7, 11) is 1.56. The van der Waals surface area contributed by atoms with Crippen LogP contribution >= 0.6 is 0 Å². The van der Waals surface area contributed by atoms with Crippen molar-refractivity contribution in [1.82, 2.24) is 0 Å². The molecular formula is C35H36O7. The topological polar surface area (TPSA) is 64.6 Å². The van der Waals surface area contributed by atoms with Crippen molar-refractivity contribution in [3.63, 3.8) is 0 Å². The van der Waals surface area contributed by atoms with Gasteiger partial charge >= 0.3 is 5.97 Å². The molecule has 0 radical (unpaired) electrons. The van der Waals surface area contributed by atoms with Gasteiger partial charge in [0.2, 0.25) is 0 Å². The minimum absolute atomic E-state index is 0.275. The number of benzene rings is 4. The second-order valence-electron chi connectivity index (χ2n) is 10.4. The highest BCUT2D eigenvalue weighted by Crippen LogP contribution is 2.44. The average molecular weight is 569 g/mol. The molecule has 0 N–H and O–H groups in total. The normalized spacial score (nSPS) is 27.0. The lowest BCUT2D eigenvalue weighted by Crippen LogP contribution is -2.59. The largest absolute Gasteiger partial charge is 0.374 e. The first-order chi connectivity index (χ1) is 20.7. The van der Waals surface area contributed by atoms with Gasteiger partial charge in [-0.25, -0.2) is 0 Å². The zero-order valence-electron chi connectivity index (χ0n) is 23.6. The summed E-state index contributed by atoms with van der Waals surface area (Å²) in [4.78, 5) is 0. The summed E-state index contributed by atoms with van der Waals surface area (Å²) in [5, 5.41) is 0. The van der Waals surface area contributed by atoms with Crippen LogP contribution in [0.5, 0.6) is 0 Å². The predicted octanol–water partition coefficient (Wildman–Crippen LogP) is 5.97. The van der Waals surface area contributed by atoms with Crippen LogP contribution in [0.1, 0.15) is 22.3 Å². The molecule has 7 heteroatoms. The van der Waals surface area contributed by atoms with E-state index in [-0.39, 0.29) is 6.61 Å². The smallest absolute Gasteiger partial charge is 0.314 e. The van der Waals surface area contributed by atoms with Gasteiger partial charge in [-0.2, -0.15) is 0 Å². The average Bonchev–Trinajstić information content (AvgIpc) is 3.44. The van der Waals surface area contributed by atoms with Gasteiger partial charge in [0.05, 0.1) is 26.4 Å². The highest BCUT2D eigenvalue weighted by atomic mass is 16.9. The maximum Gasteiger partial charge on any atom is 0.314 e. The fraction of sp³-hybridized carbons (Fsp3) is 0.314. The van der Waals surface area contributed by atoms with Crippen LogP contribution in [0.3, 0.4) is 0 Å². The van der Waals surface area contributed by atoms with Crippen LogP contribution < -0.4 is 0 Å². The molecule has 2 heterocycles. The van der Waals surface area contributed by atoms with Crippen molar-refractivity contribution in [2.45, 2.75) is 56.5 Å². The van der Waals surface area contributed by atoms with Gasteiger partial charge in [-0.15, -0.1) is 0 Å². The van der Waals surface area contributed by atoms with Gasteiger partial charge in [0.25, 0.3) is 0 Å². The molecule has 2 aliphatic rings. The van der Waals surface area contributed by atoms with E-state index in [0.29, 0.717) is 19.8 Å². The summed E-state index contributed by atoms with van der Waals surface area (Å²) >= 11 is 0. The molecule has 2 fully saturated rings. The van der Waals surface area contributed by atoms with Crippen LogP contribution in [0.15, 0.2) is 121 Å². The second kappa shape index (κ2) is 13.7. The molecular weight excluding hydrogens is 532 g/mol. The number of ether oxygens (including phenoxy) is 7. The van der Waals surface area contributed by atoms with Crippen LogP contribution in [0.2, 0.25) is 0 Å². The van der Waals surface area contributed by atoms with Crippen molar-refractivity contribution in [3.8, 4) is 0 Å². The molecule has 0 saturated carbocycles. The maximum absolute atomic E-state index is 6.63. The Balaban J connectivity index is 1.29. The molecule has 2 saturated heterocycles. The molecule has 0 amide bonds. The van der Waals surface area contributed by atoms with Crippen LogP contribution in [0.4, 0.5) is 0 Å². The Kier molecular flexibility index (Phi) is 9.37. The molecule has 0 spiro atoms. The third-order valence-electron chi connectivity index (χ3n) is 7.51. The summed E-state index contributed by atoms with van der Waals surface area (Å²) in [5.41, 5.74) is 3.89. The minimum Gasteiger partial charge on any atom is -0.374 e. The zero-order chi connectivity index (χ0) is 28.6. The van der Waals surface area contributed by atoms with E-state index >= 15 is 0 Å². The quantitative estimate of drug-likeness (QED) is 0.209. The van der Waals surface area contributed by atoms with Crippen molar-refractivity contribution in [2.24, 2.45) is 0 Å². The fourth-order valence-corrected chi connectivity index (χ4v) is 5.38. The number of fused-ring (bicyclic) bond motifs is 1. The Hall–Kier alpha value is -3.40. The Bertz CT molecular complexity index is 1360. The second-order valence-corrected chi connectivity index (χ2v) is 10.4. The summed E-state index contributed by atoms with van der Waals surface area (Å²) in [6.07, 6.45) is -2.95. The molecule has 0 bridgehead atoms. The Labute approximate surface area is 246 Å². The molecule has 4 aromatic carbocycles. The van der Waals surface area contributed by atoms with Crippen molar-refractivity contribution < 1.29 is 33.2 Å². The Morgan fingerprint density at radius 2 is 1.10 bits per heavy atom. The van der Waals surface area contributed by atoms with E-state index in [1.807, 2.05) is 121 Å². The molecule has 6 rings (SSSR count). The minimum atomic E-state index is -1.45. The van der Waals surface area contributed by atoms with Crippen molar-refractivity contribution in [3.05, 3.63) is 144 Å². The number of rotatable bonds is 12. The van der Waals surface area contributed by atoms with Crippen molar-refractivity contribution in [1.29, 1.82) is 0 Å². The first-order valence-corrected chi connectivity index (χ1v) is 14.3. The van der Waals surface area contributed by atoms with E-state index in [2.05, 4.69) is 0 Å². The highest BCUT2D eigenvalue weighted by molar-refractivity contribution is 5.20. The van der Waals surface area contributed by atoms with Gasteiger partial charge in [0.15, 0.2) is 6.29 Å². The molecule has 1 unspecified atom stereocenters. The third kappa shape index (κ3) is 6.64. The predicted molar refractivity (Wildman–Crippen MR) is 156 cm³/mol. The van der Waals surface area contributed by atoms with Gasteiger partial charge in [-0.05, 0) is 16.7 Å². The van der Waals surface area contributed by atoms with E-state index in [1.165, 1.54) is 0 Å². The maximum atomic E-state index is 6.63. The van der Waals surface area contributed by atoms with E-state index in [0.717, 1.165) is 22.3 Å². The Morgan fingerprint density at radius 1 is 0.595 bits per heavy atom. The third-order valence-corrected chi connectivity index (χ3v) is 7.51. The lowest BCUT2D eigenvalue weighted by Gasteiger charge is -2.42. The first-order valence-electron chi connectivity index (χ1n) is 14.3. The van der Waals surface area contributed by atoms with Gasteiger partial charge in [0, 0.05) is 12.7 Å². The van der Waals surface area contributed by atoms with Gasteiger partial charge in [0.1, 0.15) is 24.4 Å². The van der Waals surface area contributed by atoms with E-state index in [9.17, 15) is 0 Å². The van der Waals surface area contributed by atoms with Crippen molar-refractivity contribution >= 4 is 0 Å². The summed E-state index contributed by atoms with van der Waals surface area (Å²) in [5.74, 6) is -1.45. The van der Waals surface area contributed by atoms with Crippen LogP contribution in [-0.4, -0.2) is 44.4 Å². The van der Waals surface area contributed by atoms with Gasteiger partial charge < -0.3 is 28.4 Å². The molecule has 42 heavy (non-hydrogen) atoms. The molecule has 0 aromatic heterocycles. The number of methoxy groups -OCH3 is 1. The SMILES string of the molecule is COC1(c2ccccc2)O[C@@H]2O[C@H](COCc3ccccc3)[C@@H](OCc3ccccc3)[C@H](OCc3ccccc3)[C@@H]2O1. The van der Waals surface area contributed by atoms with Crippen molar-refractivity contribution in [2.75, 3.05) is 13.7 Å².